The Labute approximate surface area is 269 Å². The number of pyridine rings is 1. The number of nitrogens with one attached hydrogen (secondary N) is 1. The molecule has 2 saturated heterocycles. The Morgan fingerprint density at radius 1 is 0.977 bits per heavy atom. The van der Waals surface area contributed by atoms with Crippen molar-refractivity contribution in [3.05, 3.63) is 39.3 Å². The number of piperazine rings is 2. The molecule has 0 aromatic carbocycles. The number of carbonyl (C=O) groups excluding carboxylic acids is 1. The molecule has 2 N–H and O–H groups in total. The minimum Gasteiger partial charge on any atom is -0.480 e. The number of thiophene rings is 1. The standard InChI is InChI=1S/C29H35Cl2N7O3S2/c30-20-15-23(42-18-20)25-28(38-12-10-36(11-13-38)21-4-2-1-3-5-21)43-29(33-25)34-27(41)19-14-22(31)26(32-16-19)37-8-6-35(7-9-37)17-24(39)40/h14-16,18,21H,1-13,17H2,(H,39,40)(H,33,34,41). The molecule has 3 aromatic heterocycles. The third kappa shape index (κ3) is 7.26. The van der Waals surface area contributed by atoms with Crippen LogP contribution in [0.15, 0.2) is 23.7 Å². The van der Waals surface area contributed by atoms with E-state index in [1.54, 1.807) is 17.4 Å². The topological polar surface area (TPSA) is 105 Å². The zero-order chi connectivity index (χ0) is 29.9. The first-order valence-corrected chi connectivity index (χ1v) is 17.2. The van der Waals surface area contributed by atoms with Crippen molar-refractivity contribution in [2.75, 3.05) is 74.0 Å². The van der Waals surface area contributed by atoms with Crippen molar-refractivity contribution in [3.8, 4) is 10.6 Å². The number of amides is 1. The van der Waals surface area contributed by atoms with Gasteiger partial charge in [-0.3, -0.25) is 24.7 Å². The summed E-state index contributed by atoms with van der Waals surface area (Å²) in [4.78, 5) is 43.6. The summed E-state index contributed by atoms with van der Waals surface area (Å²) in [5.41, 5.74) is 1.19. The van der Waals surface area contributed by atoms with E-state index in [9.17, 15) is 9.59 Å². The molecular weight excluding hydrogens is 629 g/mol. The number of halogens is 2. The predicted molar refractivity (Wildman–Crippen MR) is 175 cm³/mol. The largest absolute Gasteiger partial charge is 0.480 e. The third-order valence-electron chi connectivity index (χ3n) is 8.44. The molecule has 14 heteroatoms. The number of aromatic nitrogens is 2. The smallest absolute Gasteiger partial charge is 0.317 e. The van der Waals surface area contributed by atoms with E-state index in [0.717, 1.165) is 41.8 Å². The molecule has 0 bridgehead atoms. The van der Waals surface area contributed by atoms with Crippen molar-refractivity contribution in [3.63, 3.8) is 0 Å². The summed E-state index contributed by atoms with van der Waals surface area (Å²) >= 11 is 15.9. The number of rotatable bonds is 8. The Morgan fingerprint density at radius 2 is 1.70 bits per heavy atom. The fourth-order valence-electron chi connectivity index (χ4n) is 6.18. The molecule has 43 heavy (non-hydrogen) atoms. The van der Waals surface area contributed by atoms with Crippen LogP contribution in [0.2, 0.25) is 10.0 Å². The van der Waals surface area contributed by atoms with Gasteiger partial charge in [-0.1, -0.05) is 53.8 Å². The molecular formula is C29H35Cl2N7O3S2. The van der Waals surface area contributed by atoms with Gasteiger partial charge < -0.3 is 14.9 Å². The lowest BCUT2D eigenvalue weighted by Gasteiger charge is -2.41. The molecule has 10 nitrogen and oxygen atoms in total. The maximum Gasteiger partial charge on any atom is 0.317 e. The summed E-state index contributed by atoms with van der Waals surface area (Å²) in [7, 11) is 0. The Hall–Kier alpha value is -2.48. The van der Waals surface area contributed by atoms with Crippen molar-refractivity contribution >= 4 is 73.7 Å². The average molecular weight is 665 g/mol. The molecule has 0 unspecified atom stereocenters. The van der Waals surface area contributed by atoms with Gasteiger partial charge in [0.15, 0.2) is 5.13 Å². The van der Waals surface area contributed by atoms with Crippen LogP contribution >= 0.6 is 45.9 Å². The number of aliphatic carboxylic acids is 1. The molecule has 0 radical (unpaired) electrons. The summed E-state index contributed by atoms with van der Waals surface area (Å²) in [6.45, 7) is 6.34. The SMILES string of the molecule is O=C(O)CN1CCN(c2ncc(C(=O)Nc3nc(-c4cc(Cl)cs4)c(N4CCN(C5CCCCC5)CC4)s3)cc2Cl)CC1. The Morgan fingerprint density at radius 3 is 2.35 bits per heavy atom. The first-order chi connectivity index (χ1) is 20.8. The molecule has 3 fully saturated rings. The second-order valence-electron chi connectivity index (χ2n) is 11.3. The van der Waals surface area contributed by atoms with E-state index in [1.165, 1.54) is 49.6 Å². The van der Waals surface area contributed by atoms with Crippen molar-refractivity contribution in [2.45, 2.75) is 38.1 Å². The van der Waals surface area contributed by atoms with Crippen molar-refractivity contribution in [2.24, 2.45) is 0 Å². The first-order valence-electron chi connectivity index (χ1n) is 14.7. The lowest BCUT2D eigenvalue weighted by molar-refractivity contribution is -0.138. The monoisotopic (exact) mass is 663 g/mol. The highest BCUT2D eigenvalue weighted by Crippen LogP contribution is 2.42. The lowest BCUT2D eigenvalue weighted by Crippen LogP contribution is -2.50. The van der Waals surface area contributed by atoms with Crippen LogP contribution in [-0.2, 0) is 4.79 Å². The van der Waals surface area contributed by atoms with Gasteiger partial charge in [0.2, 0.25) is 0 Å². The van der Waals surface area contributed by atoms with Gasteiger partial charge >= 0.3 is 5.97 Å². The van der Waals surface area contributed by atoms with Crippen LogP contribution in [0.5, 0.6) is 0 Å². The van der Waals surface area contributed by atoms with Gasteiger partial charge in [0.1, 0.15) is 16.5 Å². The molecule has 3 aromatic rings. The van der Waals surface area contributed by atoms with Crippen molar-refractivity contribution in [1.29, 1.82) is 0 Å². The molecule has 5 heterocycles. The molecule has 2 aliphatic heterocycles. The minimum atomic E-state index is -0.837. The van der Waals surface area contributed by atoms with Crippen LogP contribution in [0.4, 0.5) is 16.0 Å². The number of carboxylic acids is 1. The lowest BCUT2D eigenvalue weighted by atomic mass is 9.94. The third-order valence-corrected chi connectivity index (χ3v) is 11.0. The number of carbonyl (C=O) groups is 2. The van der Waals surface area contributed by atoms with Crippen molar-refractivity contribution in [1.82, 2.24) is 19.8 Å². The van der Waals surface area contributed by atoms with E-state index in [-0.39, 0.29) is 12.5 Å². The van der Waals surface area contributed by atoms with Gasteiger partial charge in [0.05, 0.1) is 27.0 Å². The summed E-state index contributed by atoms with van der Waals surface area (Å²) in [5, 5.41) is 16.5. The number of hydrogen-bond acceptors (Lipinski definition) is 10. The molecule has 1 aliphatic carbocycles. The molecule has 1 amide bonds. The minimum absolute atomic E-state index is 0.0183. The van der Waals surface area contributed by atoms with Gasteiger partial charge in [0.25, 0.3) is 5.91 Å². The van der Waals surface area contributed by atoms with E-state index >= 15 is 0 Å². The summed E-state index contributed by atoms with van der Waals surface area (Å²) < 4.78 is 0. The quantitative estimate of drug-likeness (QED) is 0.324. The maximum absolute atomic E-state index is 13.3. The number of nitrogens with zero attached hydrogens (tertiary/aromatic N) is 6. The van der Waals surface area contributed by atoms with Gasteiger partial charge in [0, 0.05) is 70.0 Å². The van der Waals surface area contributed by atoms with Crippen LogP contribution in [0.3, 0.4) is 0 Å². The first kappa shape index (κ1) is 30.5. The number of anilines is 3. The average Bonchev–Trinajstić information content (AvgIpc) is 3.64. The van der Waals surface area contributed by atoms with Crippen LogP contribution < -0.4 is 15.1 Å². The number of carboxylic acid groups (broad SMARTS) is 1. The summed E-state index contributed by atoms with van der Waals surface area (Å²) in [6, 6.07) is 4.26. The van der Waals surface area contributed by atoms with Gasteiger partial charge in [-0.05, 0) is 25.0 Å². The van der Waals surface area contributed by atoms with Crippen molar-refractivity contribution < 1.29 is 14.7 Å². The highest BCUT2D eigenvalue weighted by Gasteiger charge is 2.29. The second kappa shape index (κ2) is 13.7. The maximum atomic E-state index is 13.3. The van der Waals surface area contributed by atoms with Gasteiger partial charge in [-0.25, -0.2) is 9.97 Å². The second-order valence-corrected chi connectivity index (χ2v) is 14.0. The van der Waals surface area contributed by atoms with Gasteiger partial charge in [-0.2, -0.15) is 0 Å². The number of thiazole rings is 1. The number of hydrogen-bond donors (Lipinski definition) is 2. The van der Waals surface area contributed by atoms with Crippen LogP contribution in [0.25, 0.3) is 10.6 Å². The highest BCUT2D eigenvalue weighted by molar-refractivity contribution is 7.21. The molecule has 6 rings (SSSR count). The zero-order valence-corrected chi connectivity index (χ0v) is 27.0. The van der Waals surface area contributed by atoms with Crippen LogP contribution in [-0.4, -0.2) is 102 Å². The Kier molecular flexibility index (Phi) is 9.70. The molecule has 0 atom stereocenters. The zero-order valence-electron chi connectivity index (χ0n) is 23.8. The highest BCUT2D eigenvalue weighted by atomic mass is 35.5. The normalized spacial score (nSPS) is 19.1. The molecule has 1 saturated carbocycles. The fraction of sp³-hybridized carbons (Fsp3) is 0.517. The van der Waals surface area contributed by atoms with E-state index in [4.69, 9.17) is 33.3 Å². The van der Waals surface area contributed by atoms with E-state index in [2.05, 4.69) is 20.1 Å². The molecule has 0 spiro atoms. The van der Waals surface area contributed by atoms with Crippen LogP contribution in [0, 0.1) is 0 Å². The van der Waals surface area contributed by atoms with E-state index in [1.807, 2.05) is 21.2 Å². The Bertz CT molecular complexity index is 1450. The fourth-order valence-corrected chi connectivity index (χ4v) is 8.62. The Balaban J connectivity index is 1.14. The molecule has 230 valence electrons. The van der Waals surface area contributed by atoms with E-state index < -0.39 is 5.97 Å². The summed E-state index contributed by atoms with van der Waals surface area (Å²) in [5.74, 6) is -0.574. The summed E-state index contributed by atoms with van der Waals surface area (Å²) in [6.07, 6.45) is 8.16. The van der Waals surface area contributed by atoms with Crippen LogP contribution in [0.1, 0.15) is 42.5 Å². The van der Waals surface area contributed by atoms with Gasteiger partial charge in [-0.15, -0.1) is 11.3 Å². The predicted octanol–water partition coefficient (Wildman–Crippen LogP) is 5.49. The molecule has 3 aliphatic rings. The van der Waals surface area contributed by atoms with E-state index in [0.29, 0.717) is 58.8 Å².